The summed E-state index contributed by atoms with van der Waals surface area (Å²) in [6.07, 6.45) is 6.85. The van der Waals surface area contributed by atoms with Crippen molar-refractivity contribution in [2.75, 3.05) is 7.11 Å². The molecule has 0 unspecified atom stereocenters. The average Bonchev–Trinajstić information content (AvgIpc) is 3.40. The highest BCUT2D eigenvalue weighted by atomic mass is 16.5. The van der Waals surface area contributed by atoms with Gasteiger partial charge >= 0.3 is 0 Å². The van der Waals surface area contributed by atoms with Gasteiger partial charge < -0.3 is 24.0 Å². The van der Waals surface area contributed by atoms with Gasteiger partial charge in [0.25, 0.3) is 11.8 Å². The molecule has 0 saturated carbocycles. The van der Waals surface area contributed by atoms with E-state index in [0.29, 0.717) is 70.6 Å². The van der Waals surface area contributed by atoms with Crippen molar-refractivity contribution < 1.29 is 23.8 Å². The third-order valence-corrected chi connectivity index (χ3v) is 10.4. The Kier molecular flexibility index (Phi) is 8.18. The lowest BCUT2D eigenvalue weighted by Crippen LogP contribution is -2.44. The Labute approximate surface area is 306 Å². The number of benzene rings is 3. The Morgan fingerprint density at radius 3 is 2.04 bits per heavy atom. The highest BCUT2D eigenvalue weighted by Gasteiger charge is 2.35. The molecule has 0 bridgehead atoms. The number of aryl methyl sites for hydroxylation is 1. The second-order valence-corrected chi connectivity index (χ2v) is 13.7. The Morgan fingerprint density at radius 1 is 0.679 bits per heavy atom. The van der Waals surface area contributed by atoms with Gasteiger partial charge in [-0.3, -0.25) is 29.5 Å². The number of methoxy groups -OCH3 is 1. The van der Waals surface area contributed by atoms with E-state index in [1.165, 1.54) is 5.56 Å². The predicted molar refractivity (Wildman–Crippen MR) is 199 cm³/mol. The number of aromatic nitrogens is 2. The Hall–Kier alpha value is -6.36. The maximum absolute atomic E-state index is 13.8. The minimum Gasteiger partial charge on any atom is -0.493 e. The van der Waals surface area contributed by atoms with E-state index in [2.05, 4.69) is 17.1 Å². The van der Waals surface area contributed by atoms with Gasteiger partial charge in [-0.25, -0.2) is 0 Å². The molecule has 5 aromatic rings. The molecule has 0 fully saturated rings. The van der Waals surface area contributed by atoms with E-state index < -0.39 is 0 Å². The number of carbonyl (C=O) groups is 2. The SMILES string of the molecule is COc1cc2c(cc1OCc1cccc(COc3cc4c(cc3C)C(=O)N3Cc5cccnc5C[C@H]3C=N4)n1)N=C[C@@H]1Cc3ccccc3CN1C2=O. The molecule has 2 amide bonds. The number of carbonyl (C=O) groups excluding carboxylic acids is 2. The van der Waals surface area contributed by atoms with E-state index in [4.69, 9.17) is 29.2 Å². The molecule has 4 aliphatic heterocycles. The highest BCUT2D eigenvalue weighted by Crippen LogP contribution is 2.39. The van der Waals surface area contributed by atoms with E-state index >= 15 is 0 Å². The van der Waals surface area contributed by atoms with Crippen LogP contribution in [-0.2, 0) is 39.1 Å². The summed E-state index contributed by atoms with van der Waals surface area (Å²) in [5.41, 5.74) is 8.86. The first-order valence-electron chi connectivity index (χ1n) is 17.7. The van der Waals surface area contributed by atoms with E-state index in [0.717, 1.165) is 28.8 Å². The number of pyridine rings is 2. The van der Waals surface area contributed by atoms with Crippen LogP contribution in [0.25, 0.3) is 0 Å². The second kappa shape index (κ2) is 13.3. The smallest absolute Gasteiger partial charge is 0.257 e. The second-order valence-electron chi connectivity index (χ2n) is 13.7. The molecule has 0 saturated heterocycles. The van der Waals surface area contributed by atoms with Gasteiger partial charge in [-0.2, -0.15) is 0 Å². The van der Waals surface area contributed by atoms with Gasteiger partial charge in [0, 0.05) is 56.0 Å². The lowest BCUT2D eigenvalue weighted by molar-refractivity contribution is 0.0695. The lowest BCUT2D eigenvalue weighted by Gasteiger charge is -2.34. The molecular weight excluding hydrogens is 668 g/mol. The van der Waals surface area contributed by atoms with Gasteiger partial charge in [0.15, 0.2) is 11.5 Å². The number of ether oxygens (including phenoxy) is 3. The van der Waals surface area contributed by atoms with Crippen LogP contribution in [0.5, 0.6) is 17.2 Å². The molecule has 0 N–H and O–H groups in total. The lowest BCUT2D eigenvalue weighted by atomic mass is 9.94. The fourth-order valence-corrected chi connectivity index (χ4v) is 7.51. The predicted octanol–water partition coefficient (Wildman–Crippen LogP) is 6.52. The molecular formula is C42H36N6O5. The van der Waals surface area contributed by atoms with Gasteiger partial charge in [-0.1, -0.05) is 36.4 Å². The van der Waals surface area contributed by atoms with E-state index in [1.54, 1.807) is 25.4 Å². The molecule has 9 rings (SSSR count). The minimum absolute atomic E-state index is 0.0488. The summed E-state index contributed by atoms with van der Waals surface area (Å²) in [6, 6.07) is 24.7. The molecule has 11 nitrogen and oxygen atoms in total. The summed E-state index contributed by atoms with van der Waals surface area (Å²) >= 11 is 0. The summed E-state index contributed by atoms with van der Waals surface area (Å²) < 4.78 is 18.1. The van der Waals surface area contributed by atoms with E-state index in [9.17, 15) is 9.59 Å². The highest BCUT2D eigenvalue weighted by molar-refractivity contribution is 6.04. The molecule has 4 aliphatic rings. The van der Waals surface area contributed by atoms with Gasteiger partial charge in [0.2, 0.25) is 0 Å². The third kappa shape index (κ3) is 6.07. The monoisotopic (exact) mass is 704 g/mol. The summed E-state index contributed by atoms with van der Waals surface area (Å²) in [7, 11) is 1.56. The first-order valence-corrected chi connectivity index (χ1v) is 17.7. The van der Waals surface area contributed by atoms with Gasteiger partial charge in [0.1, 0.15) is 19.0 Å². The van der Waals surface area contributed by atoms with Crippen LogP contribution in [0.1, 0.15) is 60.1 Å². The van der Waals surface area contributed by atoms with Gasteiger partial charge in [-0.15, -0.1) is 0 Å². The van der Waals surface area contributed by atoms with Crippen molar-refractivity contribution in [1.29, 1.82) is 0 Å². The van der Waals surface area contributed by atoms with Crippen molar-refractivity contribution in [2.24, 2.45) is 9.98 Å². The molecule has 0 radical (unpaired) electrons. The van der Waals surface area contributed by atoms with Crippen molar-refractivity contribution in [3.8, 4) is 17.2 Å². The topological polar surface area (TPSA) is 119 Å². The summed E-state index contributed by atoms with van der Waals surface area (Å²) in [4.78, 5) is 49.9. The molecule has 264 valence electrons. The third-order valence-electron chi connectivity index (χ3n) is 10.4. The fourth-order valence-electron chi connectivity index (χ4n) is 7.51. The fraction of sp³-hybridized carbons (Fsp3) is 0.238. The van der Waals surface area contributed by atoms with Gasteiger partial charge in [0.05, 0.1) is 53.1 Å². The number of amides is 2. The molecule has 6 heterocycles. The molecule has 2 atom stereocenters. The molecule has 0 spiro atoms. The van der Waals surface area contributed by atoms with Crippen LogP contribution in [0.15, 0.2) is 95.0 Å². The summed E-state index contributed by atoms with van der Waals surface area (Å²) in [5.74, 6) is 1.41. The van der Waals surface area contributed by atoms with Crippen LogP contribution in [0.2, 0.25) is 0 Å². The molecule has 0 aliphatic carbocycles. The Balaban J connectivity index is 0.886. The number of fused-ring (bicyclic) bond motifs is 6. The average molecular weight is 705 g/mol. The first kappa shape index (κ1) is 32.5. The van der Waals surface area contributed by atoms with Gasteiger partial charge in [-0.05, 0) is 65.9 Å². The normalized spacial score (nSPS) is 18.1. The number of aliphatic imine (C=N–C) groups is 2. The molecule has 53 heavy (non-hydrogen) atoms. The number of rotatable bonds is 7. The maximum Gasteiger partial charge on any atom is 0.257 e. The quantitative estimate of drug-likeness (QED) is 0.189. The number of nitrogens with zero attached hydrogens (tertiary/aromatic N) is 6. The van der Waals surface area contributed by atoms with Crippen LogP contribution in [0, 0.1) is 6.92 Å². The van der Waals surface area contributed by atoms with Crippen LogP contribution >= 0.6 is 0 Å². The Bertz CT molecular complexity index is 2360. The van der Waals surface area contributed by atoms with Crippen LogP contribution in [0.4, 0.5) is 11.4 Å². The van der Waals surface area contributed by atoms with E-state index in [-0.39, 0.29) is 37.1 Å². The van der Waals surface area contributed by atoms with Crippen molar-refractivity contribution in [2.45, 2.75) is 58.2 Å². The van der Waals surface area contributed by atoms with Crippen LogP contribution in [0.3, 0.4) is 0 Å². The molecule has 11 heteroatoms. The zero-order chi connectivity index (χ0) is 36.1. The van der Waals surface area contributed by atoms with E-state index in [1.807, 2.05) is 83.8 Å². The van der Waals surface area contributed by atoms with Crippen molar-refractivity contribution in [3.63, 3.8) is 0 Å². The molecule has 3 aromatic carbocycles. The van der Waals surface area contributed by atoms with Crippen LogP contribution in [-0.4, -0.2) is 63.2 Å². The maximum atomic E-state index is 13.8. The van der Waals surface area contributed by atoms with Crippen molar-refractivity contribution in [1.82, 2.24) is 19.8 Å². The van der Waals surface area contributed by atoms with Crippen molar-refractivity contribution in [3.05, 3.63) is 136 Å². The summed E-state index contributed by atoms with van der Waals surface area (Å²) in [6.45, 7) is 3.34. The standard InChI is InChI=1S/C42H36N6O5/c1-25-13-33-36(45-20-32-15-35-28(9-6-12-43-35)22-48(32)41(33)49)17-38(25)52-23-29-10-5-11-30(46-29)24-53-40-18-37-34(16-39(40)51-2)42(50)47-21-27-8-4-3-7-26(27)14-31(47)19-44-37/h3-13,16-20,31-32H,14-15,21-24H2,1-2H3/t31-,32-/m0/s1. The summed E-state index contributed by atoms with van der Waals surface area (Å²) in [5, 5.41) is 0. The largest absolute Gasteiger partial charge is 0.493 e. The number of hydrogen-bond donors (Lipinski definition) is 0. The Morgan fingerprint density at radius 2 is 1.30 bits per heavy atom. The minimum atomic E-state index is -0.155. The molecule has 2 aromatic heterocycles. The van der Waals surface area contributed by atoms with Crippen LogP contribution < -0.4 is 14.2 Å². The van der Waals surface area contributed by atoms with Crippen molar-refractivity contribution >= 4 is 35.6 Å². The zero-order valence-electron chi connectivity index (χ0n) is 29.4. The first-order chi connectivity index (χ1) is 25.9. The number of hydrogen-bond acceptors (Lipinski definition) is 9. The zero-order valence-corrected chi connectivity index (χ0v) is 29.4.